The molecule has 10 nitrogen and oxygen atoms in total. The van der Waals surface area contributed by atoms with Gasteiger partial charge in [-0.2, -0.15) is 0 Å². The molecule has 0 spiro atoms. The maximum atomic E-state index is 13.0. The number of hydrogen-bond donors (Lipinski definition) is 2. The van der Waals surface area contributed by atoms with Crippen molar-refractivity contribution < 1.29 is 19.8 Å². The Balaban J connectivity index is 0.000000178. The molecule has 10 rings (SSSR count). The van der Waals surface area contributed by atoms with Crippen molar-refractivity contribution in [1.29, 1.82) is 0 Å². The number of aromatic nitrogens is 4. The molecule has 4 aromatic heterocycles. The van der Waals surface area contributed by atoms with Gasteiger partial charge in [0.05, 0.1) is 12.2 Å². The fourth-order valence-corrected chi connectivity index (χ4v) is 10.1. The van der Waals surface area contributed by atoms with E-state index in [4.69, 9.17) is 23.2 Å². The van der Waals surface area contributed by atoms with Gasteiger partial charge in [0.1, 0.15) is 0 Å². The van der Waals surface area contributed by atoms with Gasteiger partial charge >= 0.3 is 0 Å². The Morgan fingerprint density at radius 1 is 0.486 bits per heavy atom. The molecule has 2 amide bonds. The van der Waals surface area contributed by atoms with E-state index in [1.807, 2.05) is 79.5 Å². The van der Waals surface area contributed by atoms with E-state index in [2.05, 4.69) is 97.9 Å². The first-order valence-corrected chi connectivity index (χ1v) is 25.4. The fraction of sp³-hybridized carbons (Fsp3) is 0.300. The van der Waals surface area contributed by atoms with Gasteiger partial charge in [-0.05, 0) is 155 Å². The Morgan fingerprint density at radius 3 is 1.43 bits per heavy atom. The van der Waals surface area contributed by atoms with E-state index < -0.39 is 0 Å². The molecular formula is C60H60Cl2N6O4. The molecule has 2 aliphatic rings. The molecule has 0 bridgehead atoms. The average Bonchev–Trinajstić information content (AvgIpc) is 3.38. The van der Waals surface area contributed by atoms with Crippen molar-refractivity contribution in [3.8, 4) is 44.5 Å². The minimum absolute atomic E-state index is 0.0507. The second kappa shape index (κ2) is 20.9. The number of hydrogen-bond acceptors (Lipinski definition) is 8. The third kappa shape index (κ3) is 11.1. The van der Waals surface area contributed by atoms with Crippen molar-refractivity contribution in [2.45, 2.75) is 90.3 Å². The molecule has 2 N–H and O–H groups in total. The lowest BCUT2D eigenvalue weighted by molar-refractivity contribution is 0.0537. The number of halogens is 2. The molecule has 2 aliphatic heterocycles. The van der Waals surface area contributed by atoms with Crippen LogP contribution < -0.4 is 0 Å². The van der Waals surface area contributed by atoms with Gasteiger partial charge in [-0.15, -0.1) is 0 Å². The van der Waals surface area contributed by atoms with Crippen LogP contribution in [-0.4, -0.2) is 90.2 Å². The number of pyridine rings is 4. The van der Waals surface area contributed by atoms with Crippen molar-refractivity contribution in [3.63, 3.8) is 0 Å². The zero-order chi connectivity index (χ0) is 50.9. The van der Waals surface area contributed by atoms with Crippen molar-refractivity contribution in [2.75, 3.05) is 26.2 Å². The lowest BCUT2D eigenvalue weighted by Crippen LogP contribution is -2.40. The summed E-state index contributed by atoms with van der Waals surface area (Å²) in [4.78, 5) is 47.5. The molecule has 8 aromatic rings. The number of benzene rings is 4. The third-order valence-electron chi connectivity index (χ3n) is 13.7. The molecule has 6 heterocycles. The quantitative estimate of drug-likeness (QED) is 0.168. The highest BCUT2D eigenvalue weighted by atomic mass is 35.5. The Kier molecular flexibility index (Phi) is 14.6. The van der Waals surface area contributed by atoms with E-state index >= 15 is 0 Å². The summed E-state index contributed by atoms with van der Waals surface area (Å²) in [6.45, 7) is 15.2. The normalized spacial score (nSPS) is 14.9. The second-order valence-electron chi connectivity index (χ2n) is 21.0. The van der Waals surface area contributed by atoms with Crippen LogP contribution in [-0.2, 0) is 10.8 Å². The lowest BCUT2D eigenvalue weighted by atomic mass is 9.88. The predicted octanol–water partition coefficient (Wildman–Crippen LogP) is 13.0. The fourth-order valence-electron chi connectivity index (χ4n) is 9.48. The van der Waals surface area contributed by atoms with E-state index in [0.29, 0.717) is 73.0 Å². The highest BCUT2D eigenvalue weighted by Gasteiger charge is 2.26. The van der Waals surface area contributed by atoms with E-state index in [0.717, 1.165) is 77.4 Å². The monoisotopic (exact) mass is 998 g/mol. The van der Waals surface area contributed by atoms with Gasteiger partial charge < -0.3 is 20.0 Å². The SMILES string of the molecule is CC(C)(C)c1cc(-c2cc(-c3ccc(C(=O)N4CCC(O)CC4)cc3Cl)c3ccncc3c2)ccn1.CC(C)(C)c1cc(-c2cc(-c3ccc(C(=O)N4CCC(O)CC4)cc3Cl)cc3cnccc23)ccn1. The molecule has 0 aliphatic carbocycles. The number of fused-ring (bicyclic) bond motifs is 2. The van der Waals surface area contributed by atoms with Gasteiger partial charge in [0.25, 0.3) is 11.8 Å². The Morgan fingerprint density at radius 2 is 0.931 bits per heavy atom. The molecule has 0 atom stereocenters. The number of aliphatic hydroxyl groups excluding tert-OH is 2. The first kappa shape index (κ1) is 50.4. The van der Waals surface area contributed by atoms with Gasteiger partial charge in [0.15, 0.2) is 0 Å². The van der Waals surface area contributed by atoms with E-state index in [-0.39, 0.29) is 34.9 Å². The maximum Gasteiger partial charge on any atom is 0.253 e. The highest BCUT2D eigenvalue weighted by molar-refractivity contribution is 6.34. The number of likely N-dealkylation sites (tertiary alicyclic amines) is 2. The molecule has 0 saturated carbocycles. The van der Waals surface area contributed by atoms with Gasteiger partial charge in [0, 0.05) is 129 Å². The van der Waals surface area contributed by atoms with Gasteiger partial charge in [-0.1, -0.05) is 76.9 Å². The number of rotatable bonds is 6. The van der Waals surface area contributed by atoms with Crippen LogP contribution in [0, 0.1) is 0 Å². The summed E-state index contributed by atoms with van der Waals surface area (Å²) in [6, 6.07) is 32.0. The summed E-state index contributed by atoms with van der Waals surface area (Å²) in [5.74, 6) is -0.102. The zero-order valence-electron chi connectivity index (χ0n) is 41.7. The molecule has 368 valence electrons. The van der Waals surface area contributed by atoms with Crippen LogP contribution >= 0.6 is 23.2 Å². The Labute approximate surface area is 431 Å². The summed E-state index contributed by atoms with van der Waals surface area (Å²) in [6.07, 6.45) is 12.8. The van der Waals surface area contributed by atoms with Crippen LogP contribution in [0.3, 0.4) is 0 Å². The smallest absolute Gasteiger partial charge is 0.253 e. The number of piperidine rings is 2. The number of nitrogens with zero attached hydrogens (tertiary/aromatic N) is 6. The van der Waals surface area contributed by atoms with E-state index in [1.165, 1.54) is 0 Å². The van der Waals surface area contributed by atoms with E-state index in [1.54, 1.807) is 28.1 Å². The molecule has 0 radical (unpaired) electrons. The number of amides is 2. The molecule has 0 unspecified atom stereocenters. The van der Waals surface area contributed by atoms with Crippen molar-refractivity contribution >= 4 is 56.6 Å². The largest absolute Gasteiger partial charge is 0.393 e. The first-order chi connectivity index (χ1) is 34.4. The van der Waals surface area contributed by atoms with Crippen molar-refractivity contribution in [2.24, 2.45) is 0 Å². The second-order valence-corrected chi connectivity index (χ2v) is 21.9. The molecule has 12 heteroatoms. The summed E-state index contributed by atoms with van der Waals surface area (Å²) >= 11 is 13.6. The highest BCUT2D eigenvalue weighted by Crippen LogP contribution is 2.40. The van der Waals surface area contributed by atoms with Crippen LogP contribution in [0.25, 0.3) is 66.1 Å². The summed E-state index contributed by atoms with van der Waals surface area (Å²) < 4.78 is 0. The lowest BCUT2D eigenvalue weighted by Gasteiger charge is -2.29. The minimum Gasteiger partial charge on any atom is -0.393 e. The average molecular weight is 1000 g/mol. The Hall–Kier alpha value is -6.56. The first-order valence-electron chi connectivity index (χ1n) is 24.6. The number of carbonyl (C=O) groups is 2. The molecule has 4 aromatic carbocycles. The standard InChI is InChI=1S/2C30H30ClN3O2/c1-30(2,3)28-17-19(6-11-33-28)26-15-21(14-22-18-32-10-7-24(22)26)25-5-4-20(16-27(25)31)29(36)34-12-8-23(35)9-13-34;1-30(2,3)28-17-19(6-11-33-28)21-14-22-18-32-10-7-24(22)26(15-21)25-5-4-20(16-27(25)31)29(36)34-12-8-23(35)9-13-34/h2*4-7,10-11,14-18,23,35H,8-9,12-13H2,1-3H3. The summed E-state index contributed by atoms with van der Waals surface area (Å²) in [7, 11) is 0. The van der Waals surface area contributed by atoms with Crippen LogP contribution in [0.4, 0.5) is 0 Å². The van der Waals surface area contributed by atoms with Crippen LogP contribution in [0.2, 0.25) is 10.0 Å². The van der Waals surface area contributed by atoms with Crippen molar-refractivity contribution in [1.82, 2.24) is 29.7 Å². The Bertz CT molecular complexity index is 3310. The van der Waals surface area contributed by atoms with Crippen LogP contribution in [0.15, 0.2) is 134 Å². The maximum absolute atomic E-state index is 13.0. The predicted molar refractivity (Wildman–Crippen MR) is 291 cm³/mol. The summed E-state index contributed by atoms with van der Waals surface area (Å²) in [5.41, 5.74) is 11.0. The van der Waals surface area contributed by atoms with Crippen LogP contribution in [0.1, 0.15) is 99.3 Å². The topological polar surface area (TPSA) is 133 Å². The van der Waals surface area contributed by atoms with Crippen molar-refractivity contribution in [3.05, 3.63) is 167 Å². The molecule has 2 saturated heterocycles. The third-order valence-corrected chi connectivity index (χ3v) is 14.4. The number of aliphatic hydroxyl groups is 2. The van der Waals surface area contributed by atoms with Crippen LogP contribution in [0.5, 0.6) is 0 Å². The molecular weight excluding hydrogens is 940 g/mol. The van der Waals surface area contributed by atoms with Gasteiger partial charge in [-0.3, -0.25) is 29.5 Å². The molecule has 72 heavy (non-hydrogen) atoms. The minimum atomic E-state index is -0.324. The zero-order valence-corrected chi connectivity index (χ0v) is 43.2. The van der Waals surface area contributed by atoms with Gasteiger partial charge in [0.2, 0.25) is 0 Å². The van der Waals surface area contributed by atoms with Gasteiger partial charge in [-0.25, -0.2) is 0 Å². The molecule has 2 fully saturated rings. The van der Waals surface area contributed by atoms with E-state index in [9.17, 15) is 19.8 Å². The number of carbonyl (C=O) groups excluding carboxylic acids is 2. The summed E-state index contributed by atoms with van der Waals surface area (Å²) in [5, 5.41) is 24.8.